The number of ketones is 1. The molecule has 0 radical (unpaired) electrons. The molecule has 1 nitrogen and oxygen atoms in total. The first-order valence-corrected chi connectivity index (χ1v) is 15.0. The molecule has 4 aliphatic rings. The number of hydrogen-bond donors (Lipinski definition) is 0. The van der Waals surface area contributed by atoms with E-state index in [0.29, 0.717) is 29.5 Å². The second kappa shape index (κ2) is 8.87. The van der Waals surface area contributed by atoms with Gasteiger partial charge >= 0.3 is 0 Å². The largest absolute Gasteiger partial charge is 0.295 e. The van der Waals surface area contributed by atoms with Gasteiger partial charge in [0.05, 0.1) is 0 Å². The van der Waals surface area contributed by atoms with E-state index < -0.39 is 0 Å². The molecule has 0 saturated heterocycles. The molecule has 0 spiro atoms. The third kappa shape index (κ3) is 3.87. The Balaban J connectivity index is 1.68. The van der Waals surface area contributed by atoms with E-state index in [-0.39, 0.29) is 27.6 Å². The van der Waals surface area contributed by atoms with E-state index in [9.17, 15) is 4.79 Å². The van der Waals surface area contributed by atoms with Gasteiger partial charge in [-0.3, -0.25) is 4.79 Å². The molecular formula is C34H56O. The number of carbonyl (C=O) groups excluding carboxylic acids is 1. The van der Waals surface area contributed by atoms with Crippen molar-refractivity contribution >= 4 is 5.78 Å². The van der Waals surface area contributed by atoms with Crippen molar-refractivity contribution in [3.05, 3.63) is 22.8 Å². The summed E-state index contributed by atoms with van der Waals surface area (Å²) in [5.74, 6) is 4.09. The maximum absolute atomic E-state index is 13.7. The lowest BCUT2D eigenvalue weighted by Crippen LogP contribution is -2.56. The van der Waals surface area contributed by atoms with Gasteiger partial charge in [-0.2, -0.15) is 0 Å². The van der Waals surface area contributed by atoms with Crippen molar-refractivity contribution in [3.8, 4) is 0 Å². The number of allylic oxidation sites excluding steroid dienone is 4. The van der Waals surface area contributed by atoms with Crippen LogP contribution in [-0.2, 0) is 4.79 Å². The van der Waals surface area contributed by atoms with Crippen molar-refractivity contribution in [3.63, 3.8) is 0 Å². The number of hydrogen-bond acceptors (Lipinski definition) is 1. The Morgan fingerprint density at radius 2 is 1.69 bits per heavy atom. The zero-order valence-corrected chi connectivity index (χ0v) is 25.1. The summed E-state index contributed by atoms with van der Waals surface area (Å²) >= 11 is 0. The Labute approximate surface area is 218 Å². The van der Waals surface area contributed by atoms with Gasteiger partial charge in [-0.25, -0.2) is 0 Å². The molecule has 0 N–H and O–H groups in total. The van der Waals surface area contributed by atoms with Crippen LogP contribution in [0.1, 0.15) is 128 Å². The Morgan fingerprint density at radius 3 is 2.31 bits per heavy atom. The molecule has 0 bridgehead atoms. The summed E-state index contributed by atoms with van der Waals surface area (Å²) in [6, 6.07) is 0. The van der Waals surface area contributed by atoms with E-state index in [0.717, 1.165) is 12.3 Å². The monoisotopic (exact) mass is 480 g/mol. The molecule has 0 aliphatic heterocycles. The van der Waals surface area contributed by atoms with Crippen molar-refractivity contribution in [2.24, 2.45) is 57.2 Å². The van der Waals surface area contributed by atoms with Crippen molar-refractivity contribution < 1.29 is 4.79 Å². The SMILES string of the molecule is CC/C(C)=C(/C)C[C@@H](C)C(C)(C)[C@H]1CC[C@@]2(C)C3=CC(=O)[C@@H]4C[C@@H](C)[C@@H](C)C[C@]4(C)C3CC[C@]12C. The molecule has 0 aromatic carbocycles. The third-order valence-electron chi connectivity index (χ3n) is 13.5. The minimum absolute atomic E-state index is 0.164. The van der Waals surface area contributed by atoms with Gasteiger partial charge < -0.3 is 0 Å². The van der Waals surface area contributed by atoms with Crippen molar-refractivity contribution in [1.82, 2.24) is 0 Å². The fourth-order valence-electron chi connectivity index (χ4n) is 10.0. The minimum atomic E-state index is 0.164. The van der Waals surface area contributed by atoms with E-state index in [1.54, 1.807) is 16.7 Å². The minimum Gasteiger partial charge on any atom is -0.295 e. The molecule has 1 unspecified atom stereocenters. The number of fused-ring (bicyclic) bond motifs is 5. The van der Waals surface area contributed by atoms with Crippen molar-refractivity contribution in [2.45, 2.75) is 128 Å². The topological polar surface area (TPSA) is 17.1 Å². The van der Waals surface area contributed by atoms with Gasteiger partial charge in [0.25, 0.3) is 0 Å². The van der Waals surface area contributed by atoms with Gasteiger partial charge in [-0.15, -0.1) is 0 Å². The highest BCUT2D eigenvalue weighted by Crippen LogP contribution is 2.74. The molecule has 0 amide bonds. The molecule has 3 fully saturated rings. The third-order valence-corrected chi connectivity index (χ3v) is 13.5. The van der Waals surface area contributed by atoms with E-state index in [1.807, 2.05) is 0 Å². The van der Waals surface area contributed by atoms with Gasteiger partial charge in [0.2, 0.25) is 0 Å². The summed E-state index contributed by atoms with van der Waals surface area (Å²) < 4.78 is 0. The van der Waals surface area contributed by atoms with E-state index in [2.05, 4.69) is 82.2 Å². The van der Waals surface area contributed by atoms with E-state index >= 15 is 0 Å². The lowest BCUT2D eigenvalue weighted by atomic mass is 9.41. The molecule has 0 heterocycles. The Bertz CT molecular complexity index is 919. The van der Waals surface area contributed by atoms with Crippen LogP contribution >= 0.6 is 0 Å². The van der Waals surface area contributed by atoms with Crippen molar-refractivity contribution in [2.75, 3.05) is 0 Å². The lowest BCUT2D eigenvalue weighted by Gasteiger charge is -2.62. The molecule has 4 aliphatic carbocycles. The normalized spacial score (nSPS) is 45.2. The van der Waals surface area contributed by atoms with Gasteiger partial charge in [0.1, 0.15) is 0 Å². The predicted octanol–water partition coefficient (Wildman–Crippen LogP) is 9.82. The van der Waals surface area contributed by atoms with E-state index in [1.165, 1.54) is 44.9 Å². The summed E-state index contributed by atoms with van der Waals surface area (Å²) in [5, 5.41) is 0. The first kappa shape index (κ1) is 27.2. The Morgan fingerprint density at radius 1 is 1.03 bits per heavy atom. The fraction of sp³-hybridized carbons (Fsp3) is 0.853. The molecule has 0 aromatic heterocycles. The first-order valence-electron chi connectivity index (χ1n) is 15.0. The fourth-order valence-corrected chi connectivity index (χ4v) is 10.0. The molecule has 198 valence electrons. The van der Waals surface area contributed by atoms with Crippen LogP contribution in [0, 0.1) is 57.2 Å². The number of carbonyl (C=O) groups is 1. The average Bonchev–Trinajstić information content (AvgIpc) is 3.07. The average molecular weight is 481 g/mol. The molecule has 35 heavy (non-hydrogen) atoms. The highest BCUT2D eigenvalue weighted by atomic mass is 16.1. The van der Waals surface area contributed by atoms with E-state index in [4.69, 9.17) is 0 Å². The second-order valence-electron chi connectivity index (χ2n) is 15.2. The van der Waals surface area contributed by atoms with Crippen LogP contribution in [0.25, 0.3) is 0 Å². The van der Waals surface area contributed by atoms with Crippen LogP contribution in [0.5, 0.6) is 0 Å². The standard InChI is InChI=1S/C34H56O/c1-12-21(2)22(3)17-25(6)31(7,8)30-14-16-33(10)27-19-29(35)28-18-23(4)24(5)20-32(28,9)26(27)13-15-34(30,33)11/h19,23-26,28,30H,12-18,20H2,1-11H3/b22-21-/t23-,24+,25-,26?,28+,30-,32-,33+,34-/m1/s1. The first-order chi connectivity index (χ1) is 16.1. The van der Waals surface area contributed by atoms with Crippen LogP contribution < -0.4 is 0 Å². The Hall–Kier alpha value is -0.850. The van der Waals surface area contributed by atoms with Crippen molar-refractivity contribution in [1.29, 1.82) is 0 Å². The highest BCUT2D eigenvalue weighted by Gasteiger charge is 2.66. The zero-order chi connectivity index (χ0) is 26.1. The predicted molar refractivity (Wildman–Crippen MR) is 150 cm³/mol. The molecule has 1 heteroatoms. The summed E-state index contributed by atoms with van der Waals surface area (Å²) in [5.41, 5.74) is 5.63. The smallest absolute Gasteiger partial charge is 0.159 e. The molecule has 9 atom stereocenters. The van der Waals surface area contributed by atoms with Gasteiger partial charge in [0.15, 0.2) is 5.78 Å². The molecule has 4 rings (SSSR count). The maximum atomic E-state index is 13.7. The molecule has 3 saturated carbocycles. The van der Waals surface area contributed by atoms with Crippen LogP contribution in [0.3, 0.4) is 0 Å². The van der Waals surface area contributed by atoms with Crippen LogP contribution in [0.4, 0.5) is 0 Å². The van der Waals surface area contributed by atoms with Gasteiger partial charge in [-0.1, -0.05) is 79.0 Å². The summed E-state index contributed by atoms with van der Waals surface area (Å²) in [7, 11) is 0. The summed E-state index contributed by atoms with van der Waals surface area (Å²) in [6.45, 7) is 27.1. The zero-order valence-electron chi connectivity index (χ0n) is 25.1. The van der Waals surface area contributed by atoms with Crippen LogP contribution in [0.15, 0.2) is 22.8 Å². The summed E-state index contributed by atoms with van der Waals surface area (Å²) in [4.78, 5) is 13.7. The maximum Gasteiger partial charge on any atom is 0.159 e. The van der Waals surface area contributed by atoms with Crippen LogP contribution in [-0.4, -0.2) is 5.78 Å². The molecule has 0 aromatic rings. The van der Waals surface area contributed by atoms with Gasteiger partial charge in [-0.05, 0) is 123 Å². The van der Waals surface area contributed by atoms with Crippen LogP contribution in [0.2, 0.25) is 0 Å². The lowest BCUT2D eigenvalue weighted by molar-refractivity contribution is -0.134. The highest BCUT2D eigenvalue weighted by molar-refractivity contribution is 5.94. The Kier molecular flexibility index (Phi) is 6.89. The number of rotatable bonds is 5. The van der Waals surface area contributed by atoms with Gasteiger partial charge in [0, 0.05) is 5.92 Å². The molecular weight excluding hydrogens is 424 g/mol. The summed E-state index contributed by atoms with van der Waals surface area (Å²) in [6.07, 6.45) is 12.1. The second-order valence-corrected chi connectivity index (χ2v) is 15.2. The quantitative estimate of drug-likeness (QED) is 0.358.